The molecule has 4 aromatic rings. The molecule has 0 unspecified atom stereocenters. The van der Waals surface area contributed by atoms with Crippen molar-refractivity contribution >= 4 is 22.5 Å². The van der Waals surface area contributed by atoms with Gasteiger partial charge in [0.15, 0.2) is 0 Å². The van der Waals surface area contributed by atoms with E-state index in [1.165, 1.54) is 35.2 Å². The van der Waals surface area contributed by atoms with Gasteiger partial charge in [0.25, 0.3) is 11.6 Å². The van der Waals surface area contributed by atoms with Crippen LogP contribution < -0.4 is 0 Å². The number of hydrogen-bond donors (Lipinski definition) is 1. The first-order valence-corrected chi connectivity index (χ1v) is 9.83. The van der Waals surface area contributed by atoms with Gasteiger partial charge in [-0.05, 0) is 35.7 Å². The number of benzene rings is 3. The number of nitro groups is 1. The van der Waals surface area contributed by atoms with Crippen LogP contribution in [0.4, 0.5) is 5.69 Å². The zero-order chi connectivity index (χ0) is 20.7. The molecule has 6 nitrogen and oxygen atoms in total. The molecule has 0 aliphatic carbocycles. The Labute approximate surface area is 172 Å². The summed E-state index contributed by atoms with van der Waals surface area (Å²) < 4.78 is 0. The third kappa shape index (κ3) is 2.93. The van der Waals surface area contributed by atoms with Crippen LogP contribution in [0.3, 0.4) is 0 Å². The number of rotatable bonds is 3. The van der Waals surface area contributed by atoms with E-state index in [4.69, 9.17) is 0 Å². The van der Waals surface area contributed by atoms with Gasteiger partial charge in [0.2, 0.25) is 0 Å². The van der Waals surface area contributed by atoms with Crippen molar-refractivity contribution in [2.75, 3.05) is 6.54 Å². The summed E-state index contributed by atoms with van der Waals surface area (Å²) in [6.07, 6.45) is 0.751. The summed E-state index contributed by atoms with van der Waals surface area (Å²) in [6, 6.07) is 23.7. The molecule has 0 fully saturated rings. The number of aromatic amines is 1. The fourth-order valence-corrected chi connectivity index (χ4v) is 4.33. The van der Waals surface area contributed by atoms with Crippen molar-refractivity contribution < 1.29 is 9.72 Å². The Balaban J connectivity index is 1.60. The third-order valence-electron chi connectivity index (χ3n) is 5.74. The second kappa shape index (κ2) is 7.15. The first-order valence-electron chi connectivity index (χ1n) is 9.83. The minimum absolute atomic E-state index is 0.0253. The Hall–Kier alpha value is -3.93. The number of nitro benzene ring substituents is 1. The van der Waals surface area contributed by atoms with Crippen LogP contribution in [0.2, 0.25) is 0 Å². The standard InChI is InChI=1S/C24H19N3O3/c28-24(17-10-12-18(13-11-17)27(29)30)26-15-14-20-19-8-4-5-9-21(19)25-22(20)23(26)16-6-2-1-3-7-16/h1-13,23,25H,14-15H2/t23-/m1/s1. The largest absolute Gasteiger partial charge is 0.356 e. The maximum Gasteiger partial charge on any atom is 0.269 e. The highest BCUT2D eigenvalue weighted by atomic mass is 16.6. The van der Waals surface area contributed by atoms with Crippen molar-refractivity contribution in [2.45, 2.75) is 12.5 Å². The summed E-state index contributed by atoms with van der Waals surface area (Å²) in [5.74, 6) is -0.136. The van der Waals surface area contributed by atoms with Gasteiger partial charge >= 0.3 is 0 Å². The minimum Gasteiger partial charge on any atom is -0.356 e. The molecule has 1 aromatic heterocycles. The van der Waals surface area contributed by atoms with Crippen molar-refractivity contribution in [3.05, 3.63) is 111 Å². The lowest BCUT2D eigenvalue weighted by atomic mass is 9.91. The molecule has 1 amide bonds. The average Bonchev–Trinajstić information content (AvgIpc) is 3.17. The van der Waals surface area contributed by atoms with Gasteiger partial charge in [0.1, 0.15) is 0 Å². The molecular weight excluding hydrogens is 378 g/mol. The van der Waals surface area contributed by atoms with Gasteiger partial charge < -0.3 is 9.88 Å². The van der Waals surface area contributed by atoms with E-state index in [1.54, 1.807) is 0 Å². The SMILES string of the molecule is O=C(c1ccc([N+](=O)[O-])cc1)N1CCc2c([nH]c3ccccc23)[C@H]1c1ccccc1. The Morgan fingerprint density at radius 1 is 0.967 bits per heavy atom. The van der Waals surface area contributed by atoms with Gasteiger partial charge in [-0.3, -0.25) is 14.9 Å². The van der Waals surface area contributed by atoms with Crippen LogP contribution in [0.5, 0.6) is 0 Å². The summed E-state index contributed by atoms with van der Waals surface area (Å²) in [7, 11) is 0. The zero-order valence-electron chi connectivity index (χ0n) is 16.1. The first-order chi connectivity index (χ1) is 14.6. The van der Waals surface area contributed by atoms with Crippen LogP contribution in [-0.2, 0) is 6.42 Å². The summed E-state index contributed by atoms with van der Waals surface area (Å²) >= 11 is 0. The van der Waals surface area contributed by atoms with Crippen molar-refractivity contribution in [1.29, 1.82) is 0 Å². The molecule has 1 aliphatic heterocycles. The number of hydrogen-bond acceptors (Lipinski definition) is 3. The van der Waals surface area contributed by atoms with Crippen molar-refractivity contribution in [3.8, 4) is 0 Å². The predicted molar refractivity (Wildman–Crippen MR) is 114 cm³/mol. The van der Waals surface area contributed by atoms with E-state index in [2.05, 4.69) is 17.1 Å². The Morgan fingerprint density at radius 2 is 1.67 bits per heavy atom. The Bertz CT molecular complexity index is 1250. The summed E-state index contributed by atoms with van der Waals surface area (Å²) in [6.45, 7) is 0.574. The number of aromatic nitrogens is 1. The molecule has 2 heterocycles. The van der Waals surface area contributed by atoms with E-state index >= 15 is 0 Å². The molecular formula is C24H19N3O3. The van der Waals surface area contributed by atoms with Crippen LogP contribution in [0.15, 0.2) is 78.9 Å². The maximum atomic E-state index is 13.4. The molecule has 148 valence electrons. The monoisotopic (exact) mass is 397 g/mol. The number of para-hydroxylation sites is 1. The molecule has 0 spiro atoms. The number of nitrogens with one attached hydrogen (secondary N) is 1. The quantitative estimate of drug-likeness (QED) is 0.396. The highest BCUT2D eigenvalue weighted by Crippen LogP contribution is 2.39. The number of nitrogens with zero attached hydrogens (tertiary/aromatic N) is 2. The fourth-order valence-electron chi connectivity index (χ4n) is 4.33. The smallest absolute Gasteiger partial charge is 0.269 e. The predicted octanol–water partition coefficient (Wildman–Crippen LogP) is 4.86. The van der Waals surface area contributed by atoms with Crippen molar-refractivity contribution in [3.63, 3.8) is 0 Å². The number of non-ortho nitro benzene ring substituents is 1. The third-order valence-corrected chi connectivity index (χ3v) is 5.74. The van der Waals surface area contributed by atoms with E-state index in [0.717, 1.165) is 23.2 Å². The summed E-state index contributed by atoms with van der Waals surface area (Å²) in [4.78, 5) is 29.3. The molecule has 1 aliphatic rings. The Morgan fingerprint density at radius 3 is 2.40 bits per heavy atom. The van der Waals surface area contributed by atoms with Gasteiger partial charge in [-0.25, -0.2) is 0 Å². The number of carbonyl (C=O) groups is 1. The van der Waals surface area contributed by atoms with Gasteiger partial charge in [0, 0.05) is 40.8 Å². The second-order valence-corrected chi connectivity index (χ2v) is 7.43. The number of carbonyl (C=O) groups excluding carboxylic acids is 1. The van der Waals surface area contributed by atoms with E-state index in [9.17, 15) is 14.9 Å². The van der Waals surface area contributed by atoms with Crippen LogP contribution in [0, 0.1) is 10.1 Å². The van der Waals surface area contributed by atoms with Gasteiger partial charge in [-0.15, -0.1) is 0 Å². The molecule has 6 heteroatoms. The van der Waals surface area contributed by atoms with Crippen LogP contribution in [0.1, 0.15) is 33.2 Å². The molecule has 3 aromatic carbocycles. The molecule has 0 saturated heterocycles. The highest BCUT2D eigenvalue weighted by molar-refractivity contribution is 5.96. The van der Waals surface area contributed by atoms with Crippen LogP contribution >= 0.6 is 0 Å². The Kier molecular flexibility index (Phi) is 4.32. The topological polar surface area (TPSA) is 79.2 Å². The fraction of sp³-hybridized carbons (Fsp3) is 0.125. The molecule has 1 atom stereocenters. The normalized spacial score (nSPS) is 15.7. The number of fused-ring (bicyclic) bond motifs is 3. The lowest BCUT2D eigenvalue weighted by Crippen LogP contribution is -2.40. The second-order valence-electron chi connectivity index (χ2n) is 7.43. The average molecular weight is 397 g/mol. The summed E-state index contributed by atoms with van der Waals surface area (Å²) in [5, 5.41) is 12.1. The van der Waals surface area contributed by atoms with E-state index in [1.807, 2.05) is 47.4 Å². The molecule has 30 heavy (non-hydrogen) atoms. The maximum absolute atomic E-state index is 13.4. The molecule has 0 saturated carbocycles. The number of amides is 1. The molecule has 0 radical (unpaired) electrons. The van der Waals surface area contributed by atoms with E-state index < -0.39 is 4.92 Å². The lowest BCUT2D eigenvalue weighted by molar-refractivity contribution is -0.384. The lowest BCUT2D eigenvalue weighted by Gasteiger charge is -2.36. The summed E-state index contributed by atoms with van der Waals surface area (Å²) in [5.41, 5.74) is 4.79. The van der Waals surface area contributed by atoms with E-state index in [0.29, 0.717) is 12.1 Å². The number of H-pyrrole nitrogens is 1. The van der Waals surface area contributed by atoms with Crippen molar-refractivity contribution in [1.82, 2.24) is 9.88 Å². The zero-order valence-corrected chi connectivity index (χ0v) is 16.1. The molecule has 0 bridgehead atoms. The van der Waals surface area contributed by atoms with Crippen LogP contribution in [0.25, 0.3) is 10.9 Å². The van der Waals surface area contributed by atoms with Crippen molar-refractivity contribution in [2.24, 2.45) is 0 Å². The van der Waals surface area contributed by atoms with Gasteiger partial charge in [-0.1, -0.05) is 48.5 Å². The van der Waals surface area contributed by atoms with Crippen LogP contribution in [-0.4, -0.2) is 27.3 Å². The first kappa shape index (κ1) is 18.1. The minimum atomic E-state index is -0.460. The molecule has 5 rings (SSSR count). The highest BCUT2D eigenvalue weighted by Gasteiger charge is 2.34. The van der Waals surface area contributed by atoms with Gasteiger partial charge in [0.05, 0.1) is 11.0 Å². The molecule has 1 N–H and O–H groups in total. The van der Waals surface area contributed by atoms with E-state index in [-0.39, 0.29) is 17.6 Å². The van der Waals surface area contributed by atoms with Gasteiger partial charge in [-0.2, -0.15) is 0 Å².